The SMILES string of the molecule is CC/C=c1/cccc/c1=C1\C(O)O[C@@H](C)C1C. The number of hydrogen-bond acceptors (Lipinski definition) is 2. The highest BCUT2D eigenvalue weighted by Crippen LogP contribution is 2.29. The normalized spacial score (nSPS) is 33.2. The summed E-state index contributed by atoms with van der Waals surface area (Å²) in [6, 6.07) is 8.20. The molecular formula is C15H20O2. The zero-order valence-electron chi connectivity index (χ0n) is 10.7. The third kappa shape index (κ3) is 2.28. The fraction of sp³-hybridized carbons (Fsp3) is 0.467. The Kier molecular flexibility index (Phi) is 3.65. The van der Waals surface area contributed by atoms with Crippen molar-refractivity contribution in [3.8, 4) is 0 Å². The van der Waals surface area contributed by atoms with Gasteiger partial charge in [-0.15, -0.1) is 0 Å². The molecule has 1 saturated heterocycles. The molecule has 2 rings (SSSR count). The molecule has 17 heavy (non-hydrogen) atoms. The average molecular weight is 232 g/mol. The Morgan fingerprint density at radius 3 is 2.59 bits per heavy atom. The van der Waals surface area contributed by atoms with E-state index in [9.17, 15) is 5.11 Å². The molecule has 0 aliphatic carbocycles. The third-order valence-corrected chi connectivity index (χ3v) is 3.50. The van der Waals surface area contributed by atoms with Gasteiger partial charge < -0.3 is 9.84 Å². The van der Waals surface area contributed by atoms with E-state index in [-0.39, 0.29) is 12.0 Å². The Hall–Kier alpha value is -1.12. The van der Waals surface area contributed by atoms with Gasteiger partial charge in [-0.25, -0.2) is 0 Å². The lowest BCUT2D eigenvalue weighted by molar-refractivity contribution is -0.0672. The summed E-state index contributed by atoms with van der Waals surface area (Å²) in [5.74, 6) is 0.261. The smallest absolute Gasteiger partial charge is 0.178 e. The van der Waals surface area contributed by atoms with Gasteiger partial charge in [-0.2, -0.15) is 0 Å². The van der Waals surface area contributed by atoms with Crippen molar-refractivity contribution in [3.05, 3.63) is 34.7 Å². The van der Waals surface area contributed by atoms with Crippen molar-refractivity contribution in [1.29, 1.82) is 0 Å². The standard InChI is InChI=1S/C15H20O2/c1-4-7-12-8-5-6-9-13(12)14-10(2)11(3)17-15(14)16/h5-11,15-16H,4H2,1-3H3/b12-7-,14-13+/t10?,11-,15?/m0/s1. The van der Waals surface area contributed by atoms with Crippen LogP contribution in [-0.2, 0) is 4.74 Å². The summed E-state index contributed by atoms with van der Waals surface area (Å²) < 4.78 is 5.48. The van der Waals surface area contributed by atoms with Crippen molar-refractivity contribution in [2.24, 2.45) is 5.92 Å². The maximum Gasteiger partial charge on any atom is 0.178 e. The van der Waals surface area contributed by atoms with Crippen molar-refractivity contribution in [3.63, 3.8) is 0 Å². The van der Waals surface area contributed by atoms with Gasteiger partial charge in [-0.05, 0) is 29.4 Å². The molecular weight excluding hydrogens is 212 g/mol. The molecule has 1 aromatic rings. The molecule has 92 valence electrons. The van der Waals surface area contributed by atoms with Gasteiger partial charge in [0.1, 0.15) is 0 Å². The van der Waals surface area contributed by atoms with Crippen molar-refractivity contribution < 1.29 is 9.84 Å². The largest absolute Gasteiger partial charge is 0.364 e. The first-order chi connectivity index (χ1) is 8.15. The highest BCUT2D eigenvalue weighted by atomic mass is 16.6. The van der Waals surface area contributed by atoms with E-state index in [0.717, 1.165) is 17.2 Å². The van der Waals surface area contributed by atoms with E-state index < -0.39 is 6.29 Å². The Bertz CT molecular complexity index is 504. The summed E-state index contributed by atoms with van der Waals surface area (Å²) in [5, 5.41) is 12.3. The summed E-state index contributed by atoms with van der Waals surface area (Å²) >= 11 is 0. The first kappa shape index (κ1) is 12.3. The minimum atomic E-state index is -0.758. The molecule has 0 bridgehead atoms. The van der Waals surface area contributed by atoms with Crippen LogP contribution in [0.1, 0.15) is 27.2 Å². The number of benzene rings is 1. The van der Waals surface area contributed by atoms with Crippen LogP contribution in [0.2, 0.25) is 0 Å². The van der Waals surface area contributed by atoms with Crippen LogP contribution in [0.5, 0.6) is 0 Å². The van der Waals surface area contributed by atoms with Crippen LogP contribution in [0, 0.1) is 5.92 Å². The molecule has 0 aromatic heterocycles. The number of rotatable bonds is 1. The second kappa shape index (κ2) is 5.03. The molecule has 1 aromatic carbocycles. The van der Waals surface area contributed by atoms with E-state index in [1.807, 2.05) is 19.1 Å². The fourth-order valence-electron chi connectivity index (χ4n) is 2.41. The van der Waals surface area contributed by atoms with E-state index in [1.54, 1.807) is 0 Å². The first-order valence-electron chi connectivity index (χ1n) is 6.28. The summed E-state index contributed by atoms with van der Waals surface area (Å²) in [6.45, 7) is 6.24. The highest BCUT2D eigenvalue weighted by Gasteiger charge is 2.33. The predicted molar refractivity (Wildman–Crippen MR) is 69.6 cm³/mol. The van der Waals surface area contributed by atoms with Gasteiger partial charge >= 0.3 is 0 Å². The first-order valence-corrected chi connectivity index (χ1v) is 6.28. The van der Waals surface area contributed by atoms with Gasteiger partial charge in [-0.1, -0.05) is 44.2 Å². The number of hydrogen-bond donors (Lipinski definition) is 1. The van der Waals surface area contributed by atoms with Crippen LogP contribution in [-0.4, -0.2) is 17.5 Å². The van der Waals surface area contributed by atoms with E-state index in [4.69, 9.17) is 4.74 Å². The Morgan fingerprint density at radius 2 is 2.00 bits per heavy atom. The monoisotopic (exact) mass is 232 g/mol. The molecule has 1 aliphatic heterocycles. The average Bonchev–Trinajstić information content (AvgIpc) is 2.55. The fourth-order valence-corrected chi connectivity index (χ4v) is 2.41. The summed E-state index contributed by atoms with van der Waals surface area (Å²) in [6.07, 6.45) is 2.50. The lowest BCUT2D eigenvalue weighted by atomic mass is 9.95. The van der Waals surface area contributed by atoms with Crippen LogP contribution in [0.4, 0.5) is 0 Å². The molecule has 0 saturated carbocycles. The Labute approximate surface area is 102 Å². The molecule has 0 amide bonds. The van der Waals surface area contributed by atoms with E-state index >= 15 is 0 Å². The number of aliphatic hydroxyl groups excluding tert-OH is 1. The molecule has 2 heteroatoms. The van der Waals surface area contributed by atoms with Crippen molar-refractivity contribution >= 4 is 11.6 Å². The zero-order chi connectivity index (χ0) is 12.4. The number of ether oxygens (including phenoxy) is 1. The molecule has 3 atom stereocenters. The Balaban J connectivity index is 2.70. The molecule has 2 nitrogen and oxygen atoms in total. The van der Waals surface area contributed by atoms with Gasteiger partial charge in [0.25, 0.3) is 0 Å². The quantitative estimate of drug-likeness (QED) is 0.793. The van der Waals surface area contributed by atoms with Gasteiger partial charge in [0.05, 0.1) is 6.10 Å². The lowest BCUT2D eigenvalue weighted by Crippen LogP contribution is -2.30. The van der Waals surface area contributed by atoms with Crippen LogP contribution in [0.25, 0.3) is 11.6 Å². The molecule has 2 unspecified atom stereocenters. The van der Waals surface area contributed by atoms with E-state index in [0.29, 0.717) is 0 Å². The molecule has 1 aliphatic rings. The molecule has 1 fully saturated rings. The topological polar surface area (TPSA) is 29.5 Å². The summed E-state index contributed by atoms with van der Waals surface area (Å²) in [7, 11) is 0. The lowest BCUT2D eigenvalue weighted by Gasteiger charge is -2.08. The van der Waals surface area contributed by atoms with E-state index in [1.165, 1.54) is 5.22 Å². The summed E-state index contributed by atoms with van der Waals surface area (Å²) in [5.41, 5.74) is 1.01. The van der Waals surface area contributed by atoms with Crippen molar-refractivity contribution in [2.75, 3.05) is 0 Å². The second-order valence-corrected chi connectivity index (χ2v) is 4.64. The van der Waals surface area contributed by atoms with Gasteiger partial charge in [0.15, 0.2) is 6.29 Å². The molecule has 0 radical (unpaired) electrons. The van der Waals surface area contributed by atoms with Crippen molar-refractivity contribution in [2.45, 2.75) is 39.6 Å². The van der Waals surface area contributed by atoms with Gasteiger partial charge in [0, 0.05) is 5.92 Å². The number of aliphatic hydroxyl groups is 1. The molecule has 0 spiro atoms. The zero-order valence-corrected chi connectivity index (χ0v) is 10.7. The predicted octanol–water partition coefficient (Wildman–Crippen LogP) is 1.40. The highest BCUT2D eigenvalue weighted by molar-refractivity contribution is 5.54. The second-order valence-electron chi connectivity index (χ2n) is 4.64. The third-order valence-electron chi connectivity index (χ3n) is 3.50. The van der Waals surface area contributed by atoms with Gasteiger partial charge in [0.2, 0.25) is 0 Å². The minimum absolute atomic E-state index is 0.0784. The van der Waals surface area contributed by atoms with Crippen molar-refractivity contribution in [1.82, 2.24) is 0 Å². The maximum absolute atomic E-state index is 10.0. The van der Waals surface area contributed by atoms with Crippen LogP contribution >= 0.6 is 0 Å². The Morgan fingerprint density at radius 1 is 1.29 bits per heavy atom. The van der Waals surface area contributed by atoms with Crippen LogP contribution < -0.4 is 10.4 Å². The van der Waals surface area contributed by atoms with Crippen LogP contribution in [0.3, 0.4) is 0 Å². The molecule has 1 N–H and O–H groups in total. The maximum atomic E-state index is 10.0. The minimum Gasteiger partial charge on any atom is -0.364 e. The van der Waals surface area contributed by atoms with E-state index in [2.05, 4.69) is 32.1 Å². The van der Waals surface area contributed by atoms with Crippen LogP contribution in [0.15, 0.2) is 24.3 Å². The summed E-state index contributed by atoms with van der Waals surface area (Å²) in [4.78, 5) is 0. The van der Waals surface area contributed by atoms with Gasteiger partial charge in [-0.3, -0.25) is 0 Å². The molecule has 1 heterocycles.